The smallest absolute Gasteiger partial charge is 0.410 e. The lowest BCUT2D eigenvalue weighted by atomic mass is 9.98. The Bertz CT molecular complexity index is 1060. The third-order valence-electron chi connectivity index (χ3n) is 5.06. The van der Waals surface area contributed by atoms with E-state index in [9.17, 15) is 18.0 Å². The normalized spacial score (nSPS) is 15.4. The van der Waals surface area contributed by atoms with Crippen LogP contribution in [-0.2, 0) is 21.1 Å². The number of hydrogen-bond donors (Lipinski definition) is 1. The van der Waals surface area contributed by atoms with Crippen molar-refractivity contribution in [1.82, 2.24) is 15.2 Å². The summed E-state index contributed by atoms with van der Waals surface area (Å²) in [5, 5.41) is 5.47. The molecule has 1 aromatic carbocycles. The zero-order valence-corrected chi connectivity index (χ0v) is 20.4. The Morgan fingerprint density at radius 3 is 2.38 bits per heavy atom. The highest BCUT2D eigenvalue weighted by molar-refractivity contribution is 7.90. The molecule has 0 spiro atoms. The average Bonchev–Trinajstić information content (AvgIpc) is 3.21. The standard InChI is InChI=1S/C22H29N3O5S2/c1-22(2,3)30-21(27)25-11-9-16(10-12-25)20-24-18(14-31-20)19(26)23-13-15-5-7-17(8-6-15)32(4,28)29/h5-8,14,16H,9-13H2,1-4H3,(H,23,26). The van der Waals surface area contributed by atoms with E-state index < -0.39 is 15.4 Å². The van der Waals surface area contributed by atoms with Gasteiger partial charge in [0.25, 0.3) is 5.91 Å². The highest BCUT2D eigenvalue weighted by Crippen LogP contribution is 2.31. The molecule has 0 radical (unpaired) electrons. The van der Waals surface area contributed by atoms with Gasteiger partial charge in [0, 0.05) is 37.2 Å². The number of amides is 2. The molecule has 0 atom stereocenters. The van der Waals surface area contributed by atoms with Crippen LogP contribution in [0.25, 0.3) is 0 Å². The Morgan fingerprint density at radius 1 is 1.19 bits per heavy atom. The predicted molar refractivity (Wildman–Crippen MR) is 123 cm³/mol. The first kappa shape index (κ1) is 24.2. The molecule has 1 aromatic heterocycles. The van der Waals surface area contributed by atoms with E-state index in [1.54, 1.807) is 22.4 Å². The van der Waals surface area contributed by atoms with Crippen LogP contribution >= 0.6 is 11.3 Å². The van der Waals surface area contributed by atoms with Crippen molar-refractivity contribution in [1.29, 1.82) is 0 Å². The molecule has 1 aliphatic rings. The molecule has 1 saturated heterocycles. The van der Waals surface area contributed by atoms with Gasteiger partial charge in [0.05, 0.1) is 9.90 Å². The monoisotopic (exact) mass is 479 g/mol. The average molecular weight is 480 g/mol. The number of aromatic nitrogens is 1. The zero-order chi connectivity index (χ0) is 23.5. The quantitative estimate of drug-likeness (QED) is 0.703. The van der Waals surface area contributed by atoms with Crippen LogP contribution in [0.1, 0.15) is 60.6 Å². The number of likely N-dealkylation sites (tertiary alicyclic amines) is 1. The van der Waals surface area contributed by atoms with Crippen LogP contribution in [0.3, 0.4) is 0 Å². The van der Waals surface area contributed by atoms with E-state index in [2.05, 4.69) is 10.3 Å². The van der Waals surface area contributed by atoms with Gasteiger partial charge in [-0.05, 0) is 51.3 Å². The van der Waals surface area contributed by atoms with E-state index in [4.69, 9.17) is 4.74 Å². The number of sulfone groups is 1. The molecular formula is C22H29N3O5S2. The van der Waals surface area contributed by atoms with Crippen LogP contribution in [0.15, 0.2) is 34.5 Å². The van der Waals surface area contributed by atoms with E-state index in [0.717, 1.165) is 29.7 Å². The lowest BCUT2D eigenvalue weighted by Crippen LogP contribution is -2.41. The highest BCUT2D eigenvalue weighted by atomic mass is 32.2. The maximum absolute atomic E-state index is 12.5. The van der Waals surface area contributed by atoms with Gasteiger partial charge in [0.15, 0.2) is 9.84 Å². The number of ether oxygens (including phenoxy) is 1. The first-order valence-corrected chi connectivity index (χ1v) is 13.2. The fourth-order valence-corrected chi connectivity index (χ4v) is 4.94. The Labute approximate surface area is 192 Å². The lowest BCUT2D eigenvalue weighted by molar-refractivity contribution is 0.0204. The van der Waals surface area contributed by atoms with Crippen molar-refractivity contribution in [3.05, 3.63) is 45.9 Å². The van der Waals surface area contributed by atoms with E-state index in [1.165, 1.54) is 23.5 Å². The van der Waals surface area contributed by atoms with E-state index in [-0.39, 0.29) is 29.4 Å². The summed E-state index contributed by atoms with van der Waals surface area (Å²) < 4.78 is 28.5. The van der Waals surface area contributed by atoms with Gasteiger partial charge in [0.1, 0.15) is 11.3 Å². The van der Waals surface area contributed by atoms with Crippen molar-refractivity contribution < 1.29 is 22.7 Å². The molecule has 8 nitrogen and oxygen atoms in total. The molecular weight excluding hydrogens is 450 g/mol. The number of nitrogens with zero attached hydrogens (tertiary/aromatic N) is 2. The minimum Gasteiger partial charge on any atom is -0.444 e. The largest absolute Gasteiger partial charge is 0.444 e. The molecule has 32 heavy (non-hydrogen) atoms. The maximum Gasteiger partial charge on any atom is 0.410 e. The fraction of sp³-hybridized carbons (Fsp3) is 0.500. The zero-order valence-electron chi connectivity index (χ0n) is 18.8. The molecule has 2 amide bonds. The fourth-order valence-electron chi connectivity index (χ4n) is 3.34. The van der Waals surface area contributed by atoms with Gasteiger partial charge in [-0.25, -0.2) is 18.2 Å². The SMILES string of the molecule is CC(C)(C)OC(=O)N1CCC(c2nc(C(=O)NCc3ccc(S(C)(=O)=O)cc3)cs2)CC1. The Hall–Kier alpha value is -2.46. The van der Waals surface area contributed by atoms with E-state index in [0.29, 0.717) is 18.8 Å². The number of rotatable bonds is 5. The summed E-state index contributed by atoms with van der Waals surface area (Å²) in [4.78, 5) is 31.2. The number of piperidine rings is 1. The Kier molecular flexibility index (Phi) is 7.24. The van der Waals surface area contributed by atoms with Crippen molar-refractivity contribution in [2.45, 2.75) is 56.6 Å². The summed E-state index contributed by atoms with van der Waals surface area (Å²) in [6.45, 7) is 7.04. The van der Waals surface area contributed by atoms with Crippen molar-refractivity contribution in [2.24, 2.45) is 0 Å². The van der Waals surface area contributed by atoms with Gasteiger partial charge in [-0.15, -0.1) is 11.3 Å². The Balaban J connectivity index is 1.51. The molecule has 0 saturated carbocycles. The van der Waals surface area contributed by atoms with Gasteiger partial charge >= 0.3 is 6.09 Å². The molecule has 0 unspecified atom stereocenters. The molecule has 0 aliphatic carbocycles. The number of hydrogen-bond acceptors (Lipinski definition) is 7. The van der Waals surface area contributed by atoms with Crippen molar-refractivity contribution >= 4 is 33.2 Å². The summed E-state index contributed by atoms with van der Waals surface area (Å²) >= 11 is 1.46. The predicted octanol–water partition coefficient (Wildman–Crippen LogP) is 3.59. The Morgan fingerprint density at radius 2 is 1.81 bits per heavy atom. The molecule has 2 aromatic rings. The first-order valence-electron chi connectivity index (χ1n) is 10.4. The first-order chi connectivity index (χ1) is 14.9. The topological polar surface area (TPSA) is 106 Å². The second-order valence-electron chi connectivity index (χ2n) is 8.91. The van der Waals surface area contributed by atoms with Crippen LogP contribution in [0.2, 0.25) is 0 Å². The molecule has 0 bridgehead atoms. The van der Waals surface area contributed by atoms with Gasteiger partial charge in [-0.3, -0.25) is 4.79 Å². The van der Waals surface area contributed by atoms with Crippen molar-refractivity contribution in [3.63, 3.8) is 0 Å². The lowest BCUT2D eigenvalue weighted by Gasteiger charge is -2.32. The molecule has 174 valence electrons. The minimum atomic E-state index is -3.24. The second kappa shape index (κ2) is 9.58. The van der Waals surface area contributed by atoms with Gasteiger partial charge in [-0.2, -0.15) is 0 Å². The number of nitrogens with one attached hydrogen (secondary N) is 1. The summed E-state index contributed by atoms with van der Waals surface area (Å²) in [6, 6.07) is 6.42. The van der Waals surface area contributed by atoms with E-state index in [1.807, 2.05) is 20.8 Å². The second-order valence-corrected chi connectivity index (χ2v) is 11.8. The summed E-state index contributed by atoms with van der Waals surface area (Å²) in [7, 11) is -3.24. The van der Waals surface area contributed by atoms with Gasteiger partial charge in [-0.1, -0.05) is 12.1 Å². The molecule has 3 rings (SSSR count). The molecule has 1 N–H and O–H groups in total. The number of carbonyl (C=O) groups excluding carboxylic acids is 2. The van der Waals surface area contributed by atoms with Crippen LogP contribution in [0.4, 0.5) is 4.79 Å². The van der Waals surface area contributed by atoms with Crippen molar-refractivity contribution in [3.8, 4) is 0 Å². The van der Waals surface area contributed by atoms with Gasteiger partial charge < -0.3 is 15.0 Å². The number of thiazole rings is 1. The number of carbonyl (C=O) groups is 2. The molecule has 10 heteroatoms. The molecule has 1 aliphatic heterocycles. The number of benzene rings is 1. The minimum absolute atomic E-state index is 0.212. The van der Waals surface area contributed by atoms with E-state index >= 15 is 0 Å². The third-order valence-corrected chi connectivity index (χ3v) is 7.19. The third kappa shape index (κ3) is 6.52. The van der Waals surface area contributed by atoms with Crippen LogP contribution < -0.4 is 5.32 Å². The van der Waals surface area contributed by atoms with Crippen LogP contribution in [0.5, 0.6) is 0 Å². The molecule has 1 fully saturated rings. The highest BCUT2D eigenvalue weighted by Gasteiger charge is 2.29. The van der Waals surface area contributed by atoms with Crippen molar-refractivity contribution in [2.75, 3.05) is 19.3 Å². The summed E-state index contributed by atoms with van der Waals surface area (Å²) in [6.07, 6.45) is 2.42. The molecule has 2 heterocycles. The summed E-state index contributed by atoms with van der Waals surface area (Å²) in [5.41, 5.74) is 0.657. The van der Waals surface area contributed by atoms with Crippen LogP contribution in [0, 0.1) is 0 Å². The van der Waals surface area contributed by atoms with Crippen LogP contribution in [-0.4, -0.2) is 55.2 Å². The maximum atomic E-state index is 12.5. The summed E-state index contributed by atoms with van der Waals surface area (Å²) in [5.74, 6) is -0.0605. The van der Waals surface area contributed by atoms with Gasteiger partial charge in [0.2, 0.25) is 0 Å².